The van der Waals surface area contributed by atoms with Crippen molar-refractivity contribution in [3.63, 3.8) is 0 Å². The van der Waals surface area contributed by atoms with Gasteiger partial charge in [-0.05, 0) is 48.0 Å². The highest BCUT2D eigenvalue weighted by atomic mass is 35.5. The van der Waals surface area contributed by atoms with Crippen molar-refractivity contribution in [2.45, 2.75) is 6.61 Å². The summed E-state index contributed by atoms with van der Waals surface area (Å²) in [6.45, 7) is -0.0506. The Hall–Kier alpha value is -3.51. The molecule has 31 heavy (non-hydrogen) atoms. The lowest BCUT2D eigenvalue weighted by atomic mass is 10.1. The molecule has 0 saturated heterocycles. The van der Waals surface area contributed by atoms with Gasteiger partial charge in [-0.25, -0.2) is 9.18 Å². The lowest BCUT2D eigenvalue weighted by Crippen LogP contribution is -2.03. The van der Waals surface area contributed by atoms with Crippen LogP contribution in [-0.2, 0) is 6.61 Å². The summed E-state index contributed by atoms with van der Waals surface area (Å²) >= 11 is 6.03. The molecule has 7 heteroatoms. The molecule has 0 radical (unpaired) electrons. The minimum absolute atomic E-state index is 0.0506. The second-order valence-electron chi connectivity index (χ2n) is 6.71. The first-order valence-electron chi connectivity index (χ1n) is 9.36. The fraction of sp³-hybridized carbons (Fsp3) is 0.125. The van der Waals surface area contributed by atoms with Gasteiger partial charge in [0.2, 0.25) is 0 Å². The van der Waals surface area contributed by atoms with Crippen LogP contribution in [0, 0.1) is 5.82 Å². The largest absolute Gasteiger partial charge is 0.493 e. The van der Waals surface area contributed by atoms with E-state index in [0.717, 1.165) is 0 Å². The predicted molar refractivity (Wildman–Crippen MR) is 117 cm³/mol. The number of methoxy groups -OCH3 is 2. The summed E-state index contributed by atoms with van der Waals surface area (Å²) in [5.74, 6) is 1.05. The summed E-state index contributed by atoms with van der Waals surface area (Å²) in [5.41, 5.74) is 1.14. The van der Waals surface area contributed by atoms with Gasteiger partial charge in [0.25, 0.3) is 0 Å². The third kappa shape index (κ3) is 4.20. The van der Waals surface area contributed by atoms with Crippen LogP contribution in [0.25, 0.3) is 22.1 Å². The zero-order valence-corrected chi connectivity index (χ0v) is 17.5. The highest BCUT2D eigenvalue weighted by Crippen LogP contribution is 2.32. The fourth-order valence-electron chi connectivity index (χ4n) is 3.21. The third-order valence-corrected chi connectivity index (χ3v) is 5.20. The molecule has 0 aliphatic rings. The molecular formula is C24H18ClFO5. The smallest absolute Gasteiger partial charge is 0.344 e. The number of hydrogen-bond donors (Lipinski definition) is 0. The molecule has 0 bridgehead atoms. The molecule has 0 N–H and O–H groups in total. The van der Waals surface area contributed by atoms with Crippen molar-refractivity contribution in [3.05, 3.63) is 87.5 Å². The molecule has 0 unspecified atom stereocenters. The zero-order chi connectivity index (χ0) is 22.0. The maximum absolute atomic E-state index is 13.9. The van der Waals surface area contributed by atoms with Gasteiger partial charge in [0.1, 0.15) is 23.8 Å². The second kappa shape index (κ2) is 8.70. The number of hydrogen-bond acceptors (Lipinski definition) is 5. The molecule has 0 atom stereocenters. The summed E-state index contributed by atoms with van der Waals surface area (Å²) < 4.78 is 35.6. The normalized spacial score (nSPS) is 10.8. The van der Waals surface area contributed by atoms with Crippen LogP contribution in [0.2, 0.25) is 5.02 Å². The standard InChI is InChI=1S/C24H18ClFO5/c1-28-21-9-7-14(11-23(21)29-2)17-10-15-6-8-16(12-22(15)31-24(17)27)30-13-18-19(25)4-3-5-20(18)26/h3-12H,13H2,1-2H3. The van der Waals surface area contributed by atoms with Gasteiger partial charge in [0.15, 0.2) is 11.5 Å². The first-order chi connectivity index (χ1) is 15.0. The van der Waals surface area contributed by atoms with Gasteiger partial charge in [-0.15, -0.1) is 0 Å². The molecular weight excluding hydrogens is 423 g/mol. The van der Waals surface area contributed by atoms with E-state index in [2.05, 4.69) is 0 Å². The maximum Gasteiger partial charge on any atom is 0.344 e. The van der Waals surface area contributed by atoms with Crippen molar-refractivity contribution in [1.82, 2.24) is 0 Å². The van der Waals surface area contributed by atoms with Crippen LogP contribution in [0.1, 0.15) is 5.56 Å². The SMILES string of the molecule is COc1ccc(-c2cc3ccc(OCc4c(F)cccc4Cl)cc3oc2=O)cc1OC. The van der Waals surface area contributed by atoms with Crippen molar-refractivity contribution in [2.75, 3.05) is 14.2 Å². The minimum atomic E-state index is -0.506. The van der Waals surface area contributed by atoms with Gasteiger partial charge in [-0.1, -0.05) is 23.7 Å². The molecule has 3 aromatic carbocycles. The molecule has 4 aromatic rings. The van der Waals surface area contributed by atoms with Gasteiger partial charge in [-0.3, -0.25) is 0 Å². The molecule has 0 spiro atoms. The van der Waals surface area contributed by atoms with E-state index < -0.39 is 11.4 Å². The monoisotopic (exact) mass is 440 g/mol. The number of fused-ring (bicyclic) bond motifs is 1. The van der Waals surface area contributed by atoms with E-state index in [1.807, 2.05) is 0 Å². The van der Waals surface area contributed by atoms with E-state index in [1.165, 1.54) is 19.2 Å². The molecule has 0 fully saturated rings. The molecule has 1 aromatic heterocycles. The molecule has 0 amide bonds. The average molecular weight is 441 g/mol. The Morgan fingerprint density at radius 1 is 0.968 bits per heavy atom. The number of halogens is 2. The molecule has 0 saturated carbocycles. The van der Waals surface area contributed by atoms with E-state index in [4.69, 9.17) is 30.2 Å². The Morgan fingerprint density at radius 3 is 2.52 bits per heavy atom. The van der Waals surface area contributed by atoms with Crippen molar-refractivity contribution in [1.29, 1.82) is 0 Å². The summed E-state index contributed by atoms with van der Waals surface area (Å²) in [7, 11) is 3.07. The van der Waals surface area contributed by atoms with Gasteiger partial charge in [0, 0.05) is 17.0 Å². The van der Waals surface area contributed by atoms with Crippen LogP contribution >= 0.6 is 11.6 Å². The fourth-order valence-corrected chi connectivity index (χ4v) is 3.43. The molecule has 0 aliphatic carbocycles. The first-order valence-corrected chi connectivity index (χ1v) is 9.74. The first kappa shape index (κ1) is 20.8. The molecule has 0 aliphatic heterocycles. The number of ether oxygens (including phenoxy) is 3. The predicted octanol–water partition coefficient (Wildman–Crippen LogP) is 5.85. The molecule has 5 nitrogen and oxygen atoms in total. The Morgan fingerprint density at radius 2 is 1.77 bits per heavy atom. The topological polar surface area (TPSA) is 57.9 Å². The van der Waals surface area contributed by atoms with Crippen LogP contribution in [0.5, 0.6) is 17.2 Å². The van der Waals surface area contributed by atoms with Crippen molar-refractivity contribution >= 4 is 22.6 Å². The van der Waals surface area contributed by atoms with Gasteiger partial charge >= 0.3 is 5.63 Å². The Kier molecular flexibility index (Phi) is 5.82. The molecule has 1 heterocycles. The van der Waals surface area contributed by atoms with E-state index in [0.29, 0.717) is 39.3 Å². The lowest BCUT2D eigenvalue weighted by molar-refractivity contribution is 0.300. The van der Waals surface area contributed by atoms with Crippen molar-refractivity contribution in [3.8, 4) is 28.4 Å². The second-order valence-corrected chi connectivity index (χ2v) is 7.11. The Labute approximate surface area is 182 Å². The van der Waals surface area contributed by atoms with E-state index in [1.54, 1.807) is 55.6 Å². The van der Waals surface area contributed by atoms with E-state index in [-0.39, 0.29) is 17.2 Å². The highest BCUT2D eigenvalue weighted by Gasteiger charge is 2.13. The van der Waals surface area contributed by atoms with Crippen LogP contribution in [0.4, 0.5) is 4.39 Å². The summed E-state index contributed by atoms with van der Waals surface area (Å²) in [5, 5.41) is 0.993. The summed E-state index contributed by atoms with van der Waals surface area (Å²) in [4.78, 5) is 12.6. The van der Waals surface area contributed by atoms with Crippen molar-refractivity contribution < 1.29 is 23.0 Å². The van der Waals surface area contributed by atoms with Gasteiger partial charge in [-0.2, -0.15) is 0 Å². The molecule has 158 valence electrons. The third-order valence-electron chi connectivity index (χ3n) is 4.85. The summed E-state index contributed by atoms with van der Waals surface area (Å²) in [6.07, 6.45) is 0. The highest BCUT2D eigenvalue weighted by molar-refractivity contribution is 6.31. The summed E-state index contributed by atoms with van der Waals surface area (Å²) in [6, 6.07) is 16.4. The van der Waals surface area contributed by atoms with Crippen LogP contribution in [0.15, 0.2) is 69.9 Å². The lowest BCUT2D eigenvalue weighted by Gasteiger charge is -2.11. The number of rotatable bonds is 6. The zero-order valence-electron chi connectivity index (χ0n) is 16.8. The average Bonchev–Trinajstić information content (AvgIpc) is 2.77. The van der Waals surface area contributed by atoms with E-state index >= 15 is 0 Å². The van der Waals surface area contributed by atoms with Gasteiger partial charge < -0.3 is 18.6 Å². The van der Waals surface area contributed by atoms with Gasteiger partial charge in [0.05, 0.1) is 24.8 Å². The minimum Gasteiger partial charge on any atom is -0.493 e. The van der Waals surface area contributed by atoms with Crippen LogP contribution < -0.4 is 19.8 Å². The van der Waals surface area contributed by atoms with Crippen LogP contribution in [-0.4, -0.2) is 14.2 Å². The Balaban J connectivity index is 1.65. The quantitative estimate of drug-likeness (QED) is 0.352. The van der Waals surface area contributed by atoms with E-state index in [9.17, 15) is 9.18 Å². The number of benzene rings is 3. The van der Waals surface area contributed by atoms with Crippen molar-refractivity contribution in [2.24, 2.45) is 0 Å². The Bertz CT molecular complexity index is 1300. The maximum atomic E-state index is 13.9. The molecule has 4 rings (SSSR count). The van der Waals surface area contributed by atoms with Crippen LogP contribution in [0.3, 0.4) is 0 Å².